The highest BCUT2D eigenvalue weighted by atomic mass is 16.5. The fraction of sp³-hybridized carbons (Fsp3) is 0.840. The summed E-state index contributed by atoms with van der Waals surface area (Å²) in [5, 5.41) is 0. The van der Waals surface area contributed by atoms with Crippen molar-refractivity contribution in [1.29, 1.82) is 0 Å². The molecule has 168 valence electrons. The smallest absolute Gasteiger partial charge is 0.306 e. The monoisotopic (exact) mass is 408 g/mol. The molecule has 0 saturated heterocycles. The average molecular weight is 409 g/mol. The molecule has 0 bridgehead atoms. The molecule has 0 fully saturated rings. The first kappa shape index (κ1) is 27.5. The molecule has 0 aromatic heterocycles. The van der Waals surface area contributed by atoms with E-state index >= 15 is 0 Å². The lowest BCUT2D eigenvalue weighted by Crippen LogP contribution is -2.07. The van der Waals surface area contributed by atoms with Gasteiger partial charge in [0.05, 0.1) is 6.61 Å². The van der Waals surface area contributed by atoms with Crippen molar-refractivity contribution < 1.29 is 19.1 Å². The molecule has 0 aromatic rings. The van der Waals surface area contributed by atoms with Crippen molar-refractivity contribution in [3.63, 3.8) is 0 Å². The van der Waals surface area contributed by atoms with Crippen LogP contribution in [-0.4, -0.2) is 25.2 Å². The second-order valence-electron chi connectivity index (χ2n) is 7.73. The van der Waals surface area contributed by atoms with Gasteiger partial charge in [-0.2, -0.15) is 0 Å². The lowest BCUT2D eigenvalue weighted by molar-refractivity contribution is -0.145. The van der Waals surface area contributed by atoms with Crippen LogP contribution in [0.25, 0.3) is 0 Å². The minimum Gasteiger partial charge on any atom is -0.466 e. The van der Waals surface area contributed by atoms with Gasteiger partial charge in [-0.05, 0) is 25.7 Å². The Morgan fingerprint density at radius 1 is 0.586 bits per heavy atom. The van der Waals surface area contributed by atoms with E-state index < -0.39 is 0 Å². The Hall–Kier alpha value is -1.50. The summed E-state index contributed by atoms with van der Waals surface area (Å²) in [5.74, 6) is 5.59. The molecule has 4 nitrogen and oxygen atoms in total. The van der Waals surface area contributed by atoms with Gasteiger partial charge in [-0.15, -0.1) is 0 Å². The Morgan fingerprint density at radius 3 is 1.72 bits per heavy atom. The number of rotatable bonds is 19. The summed E-state index contributed by atoms with van der Waals surface area (Å²) in [6.45, 7) is 5.08. The van der Waals surface area contributed by atoms with Crippen molar-refractivity contribution >= 4 is 11.9 Å². The Morgan fingerprint density at radius 2 is 1.10 bits per heavy atom. The van der Waals surface area contributed by atoms with E-state index in [0.717, 1.165) is 25.7 Å². The maximum Gasteiger partial charge on any atom is 0.306 e. The zero-order valence-corrected chi connectivity index (χ0v) is 19.1. The van der Waals surface area contributed by atoms with E-state index in [2.05, 4.69) is 25.7 Å². The fourth-order valence-corrected chi connectivity index (χ4v) is 3.00. The Balaban J connectivity index is 3.40. The number of esters is 2. The van der Waals surface area contributed by atoms with Crippen LogP contribution in [0.3, 0.4) is 0 Å². The van der Waals surface area contributed by atoms with E-state index in [9.17, 15) is 9.59 Å². The molecule has 0 aromatic carbocycles. The van der Waals surface area contributed by atoms with Crippen molar-refractivity contribution in [1.82, 2.24) is 0 Å². The fourth-order valence-electron chi connectivity index (χ4n) is 3.00. The highest BCUT2D eigenvalue weighted by Gasteiger charge is 2.05. The van der Waals surface area contributed by atoms with Crippen LogP contribution in [0.15, 0.2) is 0 Å². The maximum absolute atomic E-state index is 11.6. The van der Waals surface area contributed by atoms with Crippen molar-refractivity contribution in [2.24, 2.45) is 0 Å². The van der Waals surface area contributed by atoms with E-state index in [1.165, 1.54) is 57.8 Å². The molecule has 0 N–H and O–H groups in total. The van der Waals surface area contributed by atoms with Crippen molar-refractivity contribution in [2.45, 2.75) is 123 Å². The van der Waals surface area contributed by atoms with Crippen molar-refractivity contribution in [3.8, 4) is 11.8 Å². The van der Waals surface area contributed by atoms with Crippen LogP contribution < -0.4 is 0 Å². The van der Waals surface area contributed by atoms with E-state index in [-0.39, 0.29) is 18.5 Å². The summed E-state index contributed by atoms with van der Waals surface area (Å²) in [5.41, 5.74) is 0. The molecule has 0 unspecified atom stereocenters. The molecule has 0 amide bonds. The molecule has 0 aliphatic carbocycles. The van der Waals surface area contributed by atoms with Gasteiger partial charge in [0.1, 0.15) is 0 Å². The van der Waals surface area contributed by atoms with Crippen LogP contribution in [-0.2, 0) is 19.1 Å². The predicted molar refractivity (Wildman–Crippen MR) is 120 cm³/mol. The predicted octanol–water partition coefficient (Wildman–Crippen LogP) is 6.75. The normalized spacial score (nSPS) is 10.3. The third-order valence-corrected chi connectivity index (χ3v) is 4.86. The van der Waals surface area contributed by atoms with E-state index in [1.807, 2.05) is 0 Å². The minimum absolute atomic E-state index is 0.165. The quantitative estimate of drug-likeness (QED) is 0.135. The Kier molecular flexibility index (Phi) is 21.6. The van der Waals surface area contributed by atoms with Crippen LogP contribution >= 0.6 is 0 Å². The van der Waals surface area contributed by atoms with Crippen LogP contribution in [0.1, 0.15) is 123 Å². The summed E-state index contributed by atoms with van der Waals surface area (Å²) >= 11 is 0. The Labute approximate surface area is 179 Å². The number of ether oxygens (including phenoxy) is 2. The van der Waals surface area contributed by atoms with Crippen LogP contribution in [0.4, 0.5) is 0 Å². The van der Waals surface area contributed by atoms with Gasteiger partial charge < -0.3 is 9.47 Å². The van der Waals surface area contributed by atoms with Gasteiger partial charge in [-0.1, -0.05) is 89.9 Å². The molecule has 0 aliphatic rings. The van der Waals surface area contributed by atoms with Crippen molar-refractivity contribution in [3.05, 3.63) is 0 Å². The number of carbonyl (C=O) groups is 2. The maximum atomic E-state index is 11.6. The molecule has 0 rings (SSSR count). The number of carbonyl (C=O) groups excluding carboxylic acids is 2. The molecule has 0 spiro atoms. The summed E-state index contributed by atoms with van der Waals surface area (Å²) in [6.07, 6.45) is 17.7. The minimum atomic E-state index is -0.237. The van der Waals surface area contributed by atoms with Crippen molar-refractivity contribution in [2.75, 3.05) is 13.2 Å². The van der Waals surface area contributed by atoms with E-state index in [1.54, 1.807) is 0 Å². The summed E-state index contributed by atoms with van der Waals surface area (Å²) in [7, 11) is 0. The molecular weight excluding hydrogens is 364 g/mol. The molecule has 0 heterocycles. The van der Waals surface area contributed by atoms with E-state index in [4.69, 9.17) is 9.47 Å². The van der Waals surface area contributed by atoms with Gasteiger partial charge in [0, 0.05) is 19.3 Å². The lowest BCUT2D eigenvalue weighted by atomic mass is 10.1. The van der Waals surface area contributed by atoms with E-state index in [0.29, 0.717) is 32.3 Å². The van der Waals surface area contributed by atoms with Crippen LogP contribution in [0.5, 0.6) is 0 Å². The number of unbranched alkanes of at least 4 members (excludes halogenated alkanes) is 12. The summed E-state index contributed by atoms with van der Waals surface area (Å²) in [6, 6.07) is 0. The molecular formula is C25H44O4. The first-order chi connectivity index (χ1) is 14.2. The highest BCUT2D eigenvalue weighted by molar-refractivity contribution is 5.70. The largest absolute Gasteiger partial charge is 0.466 e. The van der Waals surface area contributed by atoms with Crippen LogP contribution in [0, 0.1) is 11.8 Å². The van der Waals surface area contributed by atoms with Gasteiger partial charge >= 0.3 is 11.9 Å². The number of hydrogen-bond acceptors (Lipinski definition) is 4. The topological polar surface area (TPSA) is 52.6 Å². The first-order valence-corrected chi connectivity index (χ1v) is 12.0. The zero-order valence-electron chi connectivity index (χ0n) is 19.1. The van der Waals surface area contributed by atoms with Gasteiger partial charge in [0.15, 0.2) is 6.61 Å². The van der Waals surface area contributed by atoms with Gasteiger partial charge in [-0.3, -0.25) is 9.59 Å². The molecule has 0 radical (unpaired) electrons. The molecule has 0 aliphatic heterocycles. The average Bonchev–Trinajstić information content (AvgIpc) is 2.72. The van der Waals surface area contributed by atoms with Crippen LogP contribution in [0.2, 0.25) is 0 Å². The SMILES string of the molecule is CCCCCCCCCCC#CCOC(=O)CCCCC(=O)OCCCCCC. The summed E-state index contributed by atoms with van der Waals surface area (Å²) < 4.78 is 10.3. The molecule has 0 atom stereocenters. The van der Waals surface area contributed by atoms with Gasteiger partial charge in [0.2, 0.25) is 0 Å². The molecule has 4 heteroatoms. The number of hydrogen-bond donors (Lipinski definition) is 0. The molecule has 0 saturated carbocycles. The van der Waals surface area contributed by atoms with Gasteiger partial charge in [0.25, 0.3) is 0 Å². The second-order valence-corrected chi connectivity index (χ2v) is 7.73. The molecule has 29 heavy (non-hydrogen) atoms. The first-order valence-electron chi connectivity index (χ1n) is 12.0. The third kappa shape index (κ3) is 22.7. The third-order valence-electron chi connectivity index (χ3n) is 4.86. The second kappa shape index (κ2) is 22.8. The Bertz CT molecular complexity index is 447. The standard InChI is InChI=1S/C25H44O4/c1-3-5-7-9-10-11-12-13-14-15-19-23-29-25(27)21-17-16-20-24(26)28-22-18-8-6-4-2/h3-14,16-18,20-23H2,1-2H3. The zero-order chi connectivity index (χ0) is 21.4. The summed E-state index contributed by atoms with van der Waals surface area (Å²) in [4.78, 5) is 23.2. The van der Waals surface area contributed by atoms with Gasteiger partial charge in [-0.25, -0.2) is 0 Å². The lowest BCUT2D eigenvalue weighted by Gasteiger charge is -2.04. The highest BCUT2D eigenvalue weighted by Crippen LogP contribution is 2.09.